The molecule has 0 spiro atoms. The Labute approximate surface area is 225 Å². The second-order valence-corrected chi connectivity index (χ2v) is 10.2. The number of carbonyl (C=O) groups is 3. The third kappa shape index (κ3) is 4.13. The van der Waals surface area contributed by atoms with Gasteiger partial charge in [0.1, 0.15) is 0 Å². The maximum atomic E-state index is 13.8. The van der Waals surface area contributed by atoms with Gasteiger partial charge < -0.3 is 10.2 Å². The van der Waals surface area contributed by atoms with E-state index < -0.39 is 47.3 Å². The second-order valence-electron chi connectivity index (χ2n) is 9.83. The molecular formula is C30H27ClN2O5. The van der Waals surface area contributed by atoms with Gasteiger partial charge in [-0.1, -0.05) is 84.4 Å². The largest absolute Gasteiger partial charge is 0.480 e. The molecule has 0 aliphatic carbocycles. The van der Waals surface area contributed by atoms with Crippen molar-refractivity contribution in [3.63, 3.8) is 0 Å². The van der Waals surface area contributed by atoms with Gasteiger partial charge in [0.05, 0.1) is 23.6 Å². The topological polar surface area (TPSA) is 107 Å². The van der Waals surface area contributed by atoms with Crippen LogP contribution in [0.3, 0.4) is 0 Å². The van der Waals surface area contributed by atoms with Crippen LogP contribution >= 0.6 is 11.6 Å². The Hall–Kier alpha value is -3.78. The number of aliphatic hydroxyl groups is 1. The van der Waals surface area contributed by atoms with Crippen LogP contribution < -0.4 is 10.2 Å². The number of anilines is 1. The number of carboxylic acids is 1. The molecule has 0 saturated carbocycles. The first kappa shape index (κ1) is 25.9. The van der Waals surface area contributed by atoms with E-state index in [1.54, 1.807) is 19.1 Å². The van der Waals surface area contributed by atoms with Gasteiger partial charge in [-0.3, -0.25) is 19.7 Å². The number of hydrogen-bond donors (Lipinski definition) is 3. The first-order valence-corrected chi connectivity index (χ1v) is 12.7. The number of amides is 2. The molecule has 5 rings (SSSR count). The first-order chi connectivity index (χ1) is 18.1. The van der Waals surface area contributed by atoms with Crippen LogP contribution in [-0.4, -0.2) is 39.6 Å². The quantitative estimate of drug-likeness (QED) is 0.320. The van der Waals surface area contributed by atoms with Gasteiger partial charge in [0.15, 0.2) is 5.54 Å². The summed E-state index contributed by atoms with van der Waals surface area (Å²) in [6.07, 6.45) is 2.48. The summed E-state index contributed by atoms with van der Waals surface area (Å²) >= 11 is 6.27. The number of rotatable bonds is 6. The molecule has 38 heavy (non-hydrogen) atoms. The minimum absolute atomic E-state index is 0.273. The van der Waals surface area contributed by atoms with Gasteiger partial charge >= 0.3 is 5.97 Å². The SMILES string of the molecule is Cc1ccc(N2C(=O)C3C(c4ccc(/C=C/c5ccccc5)cc4)NC(C(=O)O)(C(C)O)C3C2=O)cc1Cl. The number of aryl methyl sites for hydroxylation is 1. The van der Waals surface area contributed by atoms with Gasteiger partial charge in [0.2, 0.25) is 11.8 Å². The van der Waals surface area contributed by atoms with E-state index in [9.17, 15) is 24.6 Å². The highest BCUT2D eigenvalue weighted by Gasteiger charge is 2.70. The summed E-state index contributed by atoms with van der Waals surface area (Å²) in [5.74, 6) is -4.94. The van der Waals surface area contributed by atoms with Crippen molar-refractivity contribution in [3.05, 3.63) is 100 Å². The molecule has 0 bridgehead atoms. The minimum Gasteiger partial charge on any atom is -0.480 e. The molecule has 0 radical (unpaired) electrons. The fourth-order valence-corrected chi connectivity index (χ4v) is 5.71. The van der Waals surface area contributed by atoms with Crippen molar-refractivity contribution < 1.29 is 24.6 Å². The zero-order chi connectivity index (χ0) is 27.2. The molecule has 0 aromatic heterocycles. The van der Waals surface area contributed by atoms with Crippen molar-refractivity contribution in [3.8, 4) is 0 Å². The van der Waals surface area contributed by atoms with Crippen molar-refractivity contribution in [2.75, 3.05) is 4.90 Å². The smallest absolute Gasteiger partial charge is 0.327 e. The van der Waals surface area contributed by atoms with E-state index in [2.05, 4.69) is 5.32 Å². The lowest BCUT2D eigenvalue weighted by Gasteiger charge is -2.33. The van der Waals surface area contributed by atoms with Crippen LogP contribution in [0.2, 0.25) is 5.02 Å². The van der Waals surface area contributed by atoms with E-state index in [0.29, 0.717) is 10.6 Å². The molecule has 194 valence electrons. The van der Waals surface area contributed by atoms with Crippen LogP contribution in [0.4, 0.5) is 5.69 Å². The van der Waals surface area contributed by atoms with Crippen LogP contribution in [0.1, 0.15) is 35.2 Å². The van der Waals surface area contributed by atoms with Crippen LogP contribution in [0.25, 0.3) is 12.2 Å². The maximum Gasteiger partial charge on any atom is 0.327 e. The fourth-order valence-electron chi connectivity index (χ4n) is 5.53. The summed E-state index contributed by atoms with van der Waals surface area (Å²) in [4.78, 5) is 41.1. The van der Waals surface area contributed by atoms with Gasteiger partial charge in [-0.25, -0.2) is 4.90 Å². The number of carboxylic acid groups (broad SMARTS) is 1. The van der Waals surface area contributed by atoms with Gasteiger partial charge in [-0.15, -0.1) is 0 Å². The van der Waals surface area contributed by atoms with Gasteiger partial charge in [0.25, 0.3) is 0 Å². The molecule has 8 heteroatoms. The van der Waals surface area contributed by atoms with Crippen molar-refractivity contribution in [1.82, 2.24) is 5.32 Å². The van der Waals surface area contributed by atoms with E-state index in [-0.39, 0.29) is 5.69 Å². The number of fused-ring (bicyclic) bond motifs is 1. The van der Waals surface area contributed by atoms with Crippen molar-refractivity contribution in [2.24, 2.45) is 11.8 Å². The van der Waals surface area contributed by atoms with Gasteiger partial charge in [0, 0.05) is 11.1 Å². The Bertz CT molecular complexity index is 1440. The normalized spacial score (nSPS) is 25.7. The molecule has 5 unspecified atom stereocenters. The number of aliphatic carboxylic acids is 1. The molecule has 3 N–H and O–H groups in total. The fraction of sp³-hybridized carbons (Fsp3) is 0.233. The van der Waals surface area contributed by atoms with Crippen LogP contribution in [-0.2, 0) is 14.4 Å². The highest BCUT2D eigenvalue weighted by molar-refractivity contribution is 6.32. The number of imide groups is 1. The summed E-state index contributed by atoms with van der Waals surface area (Å²) in [5, 5.41) is 24.3. The maximum absolute atomic E-state index is 13.8. The van der Waals surface area contributed by atoms with Crippen molar-refractivity contribution in [1.29, 1.82) is 0 Å². The van der Waals surface area contributed by atoms with Crippen LogP contribution in [0.15, 0.2) is 72.8 Å². The molecular weight excluding hydrogens is 504 g/mol. The third-order valence-electron chi connectivity index (χ3n) is 7.58. The van der Waals surface area contributed by atoms with Crippen LogP contribution in [0.5, 0.6) is 0 Å². The molecule has 2 aliphatic heterocycles. The minimum atomic E-state index is -2.04. The van der Waals surface area contributed by atoms with Gasteiger partial charge in [-0.2, -0.15) is 0 Å². The number of benzene rings is 3. The Morgan fingerprint density at radius 2 is 1.63 bits per heavy atom. The molecule has 2 aliphatic rings. The standard InChI is InChI=1S/C30H27ClN2O5/c1-17-8-15-22(16-23(17)31)33-27(35)24-25(28(33)36)30(18(2)34,29(37)38)32-26(24)21-13-11-20(12-14-21)10-9-19-6-4-3-5-7-19/h3-16,18,24-26,32,34H,1-2H3,(H,37,38)/b10-9+. The Morgan fingerprint density at radius 3 is 2.21 bits per heavy atom. The Morgan fingerprint density at radius 1 is 1.00 bits per heavy atom. The number of aliphatic hydroxyl groups excluding tert-OH is 1. The highest BCUT2D eigenvalue weighted by atomic mass is 35.5. The lowest BCUT2D eigenvalue weighted by Crippen LogP contribution is -2.62. The summed E-state index contributed by atoms with van der Waals surface area (Å²) in [5.41, 5.74) is 1.61. The van der Waals surface area contributed by atoms with E-state index in [1.165, 1.54) is 13.0 Å². The predicted molar refractivity (Wildman–Crippen MR) is 145 cm³/mol. The number of halogens is 1. The molecule has 2 saturated heterocycles. The molecule has 2 amide bonds. The molecule has 2 fully saturated rings. The Balaban J connectivity index is 1.53. The second kappa shape index (κ2) is 9.83. The highest BCUT2D eigenvalue weighted by Crippen LogP contribution is 2.51. The summed E-state index contributed by atoms with van der Waals surface area (Å²) in [6.45, 7) is 3.12. The predicted octanol–water partition coefficient (Wildman–Crippen LogP) is 4.47. The number of nitrogens with zero attached hydrogens (tertiary/aromatic N) is 1. The number of hydrogen-bond acceptors (Lipinski definition) is 5. The number of nitrogens with one attached hydrogen (secondary N) is 1. The summed E-state index contributed by atoms with van der Waals surface area (Å²) < 4.78 is 0. The van der Waals surface area contributed by atoms with E-state index in [0.717, 1.165) is 21.6 Å². The van der Waals surface area contributed by atoms with Crippen LogP contribution in [0, 0.1) is 18.8 Å². The number of carbonyl (C=O) groups excluding carboxylic acids is 2. The summed E-state index contributed by atoms with van der Waals surface area (Å²) in [6, 6.07) is 21.2. The molecule has 2 heterocycles. The van der Waals surface area contributed by atoms with E-state index in [4.69, 9.17) is 11.6 Å². The molecule has 3 aromatic rings. The van der Waals surface area contributed by atoms with Gasteiger partial charge in [-0.05, 0) is 48.2 Å². The molecule has 7 nitrogen and oxygen atoms in total. The van der Waals surface area contributed by atoms with E-state index in [1.807, 2.05) is 66.7 Å². The molecule has 3 aromatic carbocycles. The van der Waals surface area contributed by atoms with Crippen molar-refractivity contribution in [2.45, 2.75) is 31.5 Å². The monoisotopic (exact) mass is 530 g/mol. The Kier molecular flexibility index (Phi) is 6.69. The van der Waals surface area contributed by atoms with Crippen molar-refractivity contribution >= 4 is 47.2 Å². The zero-order valence-corrected chi connectivity index (χ0v) is 21.6. The average Bonchev–Trinajstić information content (AvgIpc) is 3.40. The molecule has 5 atom stereocenters. The summed E-state index contributed by atoms with van der Waals surface area (Å²) in [7, 11) is 0. The first-order valence-electron chi connectivity index (χ1n) is 12.3. The zero-order valence-electron chi connectivity index (χ0n) is 20.8. The lowest BCUT2D eigenvalue weighted by atomic mass is 9.76. The average molecular weight is 531 g/mol. The lowest BCUT2D eigenvalue weighted by molar-refractivity contribution is -0.154. The van der Waals surface area contributed by atoms with E-state index >= 15 is 0 Å². The third-order valence-corrected chi connectivity index (χ3v) is 7.99.